The second kappa shape index (κ2) is 6.60. The van der Waals surface area contributed by atoms with E-state index in [0.29, 0.717) is 21.7 Å². The van der Waals surface area contributed by atoms with Gasteiger partial charge in [0.05, 0.1) is 22.7 Å². The van der Waals surface area contributed by atoms with Crippen molar-refractivity contribution < 1.29 is 13.6 Å². The van der Waals surface area contributed by atoms with E-state index in [1.807, 2.05) is 26.8 Å². The number of hydrogen-bond acceptors (Lipinski definition) is 5. The van der Waals surface area contributed by atoms with Crippen LogP contribution < -0.4 is 10.3 Å². The van der Waals surface area contributed by atoms with Crippen molar-refractivity contribution in [2.24, 2.45) is 0 Å². The second-order valence-corrected chi connectivity index (χ2v) is 8.63. The largest absolute Gasteiger partial charge is 0.450 e. The topological polar surface area (TPSA) is 63.4 Å². The lowest BCUT2D eigenvalue weighted by Crippen LogP contribution is -2.29. The van der Waals surface area contributed by atoms with E-state index in [2.05, 4.69) is 4.98 Å². The minimum Gasteiger partial charge on any atom is -0.450 e. The number of hydrogen-bond donors (Lipinski definition) is 0. The summed E-state index contributed by atoms with van der Waals surface area (Å²) >= 11 is 1.36. The lowest BCUT2D eigenvalue weighted by molar-refractivity contribution is 0.0971. The van der Waals surface area contributed by atoms with Gasteiger partial charge in [0.15, 0.2) is 10.6 Å². The number of thiazole rings is 1. The lowest BCUT2D eigenvalue weighted by atomic mass is 9.98. The first-order valence-electron chi connectivity index (χ1n) is 9.45. The maximum absolute atomic E-state index is 14.1. The van der Waals surface area contributed by atoms with Gasteiger partial charge in [0.2, 0.25) is 5.76 Å². The van der Waals surface area contributed by atoms with Gasteiger partial charge >= 0.3 is 0 Å². The van der Waals surface area contributed by atoms with Crippen LogP contribution in [0, 0.1) is 26.6 Å². The van der Waals surface area contributed by atoms with Gasteiger partial charge in [0.1, 0.15) is 11.4 Å². The number of carbonyl (C=O) groups excluding carboxylic acids is 1. The number of nitrogens with zero attached hydrogens (tertiary/aromatic N) is 2. The molecule has 1 aliphatic rings. The first-order valence-corrected chi connectivity index (χ1v) is 10.3. The molecule has 7 heteroatoms. The third kappa shape index (κ3) is 2.69. The van der Waals surface area contributed by atoms with Crippen molar-refractivity contribution in [3.63, 3.8) is 0 Å². The Morgan fingerprint density at radius 3 is 2.60 bits per heavy atom. The summed E-state index contributed by atoms with van der Waals surface area (Å²) in [4.78, 5) is 33.8. The van der Waals surface area contributed by atoms with Gasteiger partial charge in [0.25, 0.3) is 5.91 Å². The molecule has 30 heavy (non-hydrogen) atoms. The van der Waals surface area contributed by atoms with Crippen LogP contribution in [0.5, 0.6) is 0 Å². The molecule has 0 saturated heterocycles. The van der Waals surface area contributed by atoms with Gasteiger partial charge < -0.3 is 4.42 Å². The number of benzene rings is 2. The molecule has 0 N–H and O–H groups in total. The molecule has 0 fully saturated rings. The molecule has 0 aliphatic carbocycles. The summed E-state index contributed by atoms with van der Waals surface area (Å²) < 4.78 is 20.0. The first-order chi connectivity index (χ1) is 14.3. The van der Waals surface area contributed by atoms with E-state index in [1.165, 1.54) is 28.4 Å². The molecule has 0 bridgehead atoms. The zero-order chi connectivity index (χ0) is 21.2. The van der Waals surface area contributed by atoms with Crippen LogP contribution in [0.3, 0.4) is 0 Å². The molecule has 0 radical (unpaired) electrons. The Morgan fingerprint density at radius 1 is 1.10 bits per heavy atom. The fourth-order valence-electron chi connectivity index (χ4n) is 3.83. The number of carbonyl (C=O) groups is 1. The highest BCUT2D eigenvalue weighted by molar-refractivity contribution is 7.15. The second-order valence-electron chi connectivity index (χ2n) is 7.44. The highest BCUT2D eigenvalue weighted by atomic mass is 32.1. The molecule has 0 saturated carbocycles. The van der Waals surface area contributed by atoms with Crippen LogP contribution in [0.15, 0.2) is 51.7 Å². The van der Waals surface area contributed by atoms with E-state index >= 15 is 0 Å². The SMILES string of the molecule is Cc1ccc2oc3c(c(=O)c2c1)[C@H](c1cccc(F)c1)N(c1nc(C)c(C)s1)C3=O. The zero-order valence-electron chi connectivity index (χ0n) is 16.5. The van der Waals surface area contributed by atoms with E-state index in [-0.39, 0.29) is 16.8 Å². The summed E-state index contributed by atoms with van der Waals surface area (Å²) in [6.45, 7) is 5.66. The predicted molar refractivity (Wildman–Crippen MR) is 114 cm³/mol. The van der Waals surface area contributed by atoms with Gasteiger partial charge in [-0.1, -0.05) is 23.8 Å². The van der Waals surface area contributed by atoms with Crippen LogP contribution >= 0.6 is 11.3 Å². The summed E-state index contributed by atoms with van der Waals surface area (Å²) in [5.41, 5.74) is 2.48. The minimum atomic E-state index is -0.811. The summed E-state index contributed by atoms with van der Waals surface area (Å²) in [5, 5.41) is 0.853. The number of halogens is 1. The molecule has 0 spiro atoms. The third-order valence-electron chi connectivity index (χ3n) is 5.41. The summed E-state index contributed by atoms with van der Waals surface area (Å²) in [6.07, 6.45) is 0. The van der Waals surface area contributed by atoms with Gasteiger partial charge in [-0.05, 0) is 50.6 Å². The van der Waals surface area contributed by atoms with Crippen LogP contribution in [0.1, 0.15) is 43.9 Å². The predicted octanol–water partition coefficient (Wildman–Crippen LogP) is 5.06. The Labute approximate surface area is 175 Å². The Balaban J connectivity index is 1.84. The van der Waals surface area contributed by atoms with E-state index in [0.717, 1.165) is 16.1 Å². The number of rotatable bonds is 2. The lowest BCUT2D eigenvalue weighted by Gasteiger charge is -2.22. The van der Waals surface area contributed by atoms with Crippen molar-refractivity contribution in [2.75, 3.05) is 4.90 Å². The maximum atomic E-state index is 14.1. The fourth-order valence-corrected chi connectivity index (χ4v) is 4.77. The van der Waals surface area contributed by atoms with Crippen LogP contribution in [0.2, 0.25) is 0 Å². The molecule has 1 atom stereocenters. The highest BCUT2D eigenvalue weighted by Crippen LogP contribution is 2.43. The average Bonchev–Trinajstić information content (AvgIpc) is 3.19. The Bertz CT molecular complexity index is 1390. The van der Waals surface area contributed by atoms with Gasteiger partial charge in [-0.3, -0.25) is 14.5 Å². The van der Waals surface area contributed by atoms with Gasteiger partial charge in [-0.15, -0.1) is 11.3 Å². The molecule has 5 nitrogen and oxygen atoms in total. The number of aromatic nitrogens is 1. The molecule has 0 unspecified atom stereocenters. The van der Waals surface area contributed by atoms with Crippen molar-refractivity contribution >= 4 is 33.3 Å². The molecule has 1 aliphatic heterocycles. The highest BCUT2D eigenvalue weighted by Gasteiger charge is 2.45. The van der Waals surface area contributed by atoms with Crippen molar-refractivity contribution in [2.45, 2.75) is 26.8 Å². The van der Waals surface area contributed by atoms with E-state index in [1.54, 1.807) is 24.3 Å². The molecule has 2 aromatic heterocycles. The van der Waals surface area contributed by atoms with Crippen molar-refractivity contribution in [1.29, 1.82) is 0 Å². The summed E-state index contributed by atoms with van der Waals surface area (Å²) in [7, 11) is 0. The molecule has 3 heterocycles. The van der Waals surface area contributed by atoms with E-state index in [9.17, 15) is 14.0 Å². The quantitative estimate of drug-likeness (QED) is 0.455. The third-order valence-corrected chi connectivity index (χ3v) is 6.49. The standard InChI is InChI=1S/C23H17FN2O3S/c1-11-7-8-17-16(9-11)20(27)18-19(14-5-4-6-15(24)10-14)26(22(28)21(18)29-17)23-25-12(2)13(3)30-23/h4-10,19H,1-3H3/t19-/m0/s1. The number of anilines is 1. The van der Waals surface area contributed by atoms with Crippen molar-refractivity contribution in [3.05, 3.63) is 91.5 Å². The first kappa shape index (κ1) is 18.7. The molecule has 150 valence electrons. The van der Waals surface area contributed by atoms with Crippen LogP contribution in [-0.4, -0.2) is 10.9 Å². The van der Waals surface area contributed by atoms with Crippen LogP contribution in [0.25, 0.3) is 11.0 Å². The summed E-state index contributed by atoms with van der Waals surface area (Å²) in [5.74, 6) is -0.912. The maximum Gasteiger partial charge on any atom is 0.297 e. The minimum absolute atomic E-state index is 0.0175. The molecular weight excluding hydrogens is 403 g/mol. The van der Waals surface area contributed by atoms with Crippen LogP contribution in [0.4, 0.5) is 9.52 Å². The van der Waals surface area contributed by atoms with E-state index < -0.39 is 17.8 Å². The van der Waals surface area contributed by atoms with E-state index in [4.69, 9.17) is 4.42 Å². The molecular formula is C23H17FN2O3S. The molecule has 2 aromatic carbocycles. The monoisotopic (exact) mass is 420 g/mol. The number of fused-ring (bicyclic) bond motifs is 2. The normalized spacial score (nSPS) is 15.8. The van der Waals surface area contributed by atoms with Gasteiger partial charge in [0, 0.05) is 4.88 Å². The van der Waals surface area contributed by atoms with Crippen molar-refractivity contribution in [3.8, 4) is 0 Å². The Kier molecular flexibility index (Phi) is 4.11. The molecule has 5 rings (SSSR count). The molecule has 1 amide bonds. The number of amides is 1. The zero-order valence-corrected chi connectivity index (χ0v) is 17.3. The Morgan fingerprint density at radius 2 is 1.90 bits per heavy atom. The average molecular weight is 420 g/mol. The van der Waals surface area contributed by atoms with Crippen LogP contribution in [-0.2, 0) is 0 Å². The summed E-state index contributed by atoms with van der Waals surface area (Å²) in [6, 6.07) is 10.4. The van der Waals surface area contributed by atoms with Gasteiger partial charge in [-0.25, -0.2) is 9.37 Å². The van der Waals surface area contributed by atoms with Crippen molar-refractivity contribution in [1.82, 2.24) is 4.98 Å². The molecule has 4 aromatic rings. The number of aryl methyl sites for hydroxylation is 3. The smallest absolute Gasteiger partial charge is 0.297 e. The van der Waals surface area contributed by atoms with Gasteiger partial charge in [-0.2, -0.15) is 0 Å². The fraction of sp³-hybridized carbons (Fsp3) is 0.174. The Hall–Kier alpha value is -3.32.